The zero-order valence-corrected chi connectivity index (χ0v) is 18.3. The Hall–Kier alpha value is -0.980. The van der Waals surface area contributed by atoms with Crippen LogP contribution in [-0.4, -0.2) is 51.3 Å². The van der Waals surface area contributed by atoms with Gasteiger partial charge in [0.15, 0.2) is 0 Å². The van der Waals surface area contributed by atoms with Gasteiger partial charge in [-0.2, -0.15) is 0 Å². The molecule has 7 heteroatoms. The van der Waals surface area contributed by atoms with E-state index >= 15 is 0 Å². The second-order valence-electron chi connectivity index (χ2n) is 7.36. The number of benzene rings is 1. The van der Waals surface area contributed by atoms with Crippen molar-refractivity contribution in [3.05, 3.63) is 42.1 Å². The summed E-state index contributed by atoms with van der Waals surface area (Å²) >= 11 is 1.85. The van der Waals surface area contributed by atoms with Gasteiger partial charge in [-0.3, -0.25) is 0 Å². The Morgan fingerprint density at radius 1 is 1.07 bits per heavy atom. The number of hydrogen-bond acceptors (Lipinski definition) is 3. The van der Waals surface area contributed by atoms with Gasteiger partial charge in [-0.25, -0.2) is 4.98 Å². The Bertz CT molecular complexity index is 751. The fraction of sp³-hybridized carbons (Fsp3) is 0.450. The van der Waals surface area contributed by atoms with Crippen LogP contribution in [0.3, 0.4) is 0 Å². The molecule has 4 rings (SSSR count). The van der Waals surface area contributed by atoms with E-state index in [1.54, 1.807) is 9.80 Å². The number of pyridine rings is 1. The Morgan fingerprint density at radius 2 is 1.85 bits per heavy atom. The Labute approximate surface area is 179 Å². The van der Waals surface area contributed by atoms with Crippen LogP contribution in [0.15, 0.2) is 46.3 Å². The van der Waals surface area contributed by atoms with Crippen LogP contribution in [0, 0.1) is 6.92 Å². The van der Waals surface area contributed by atoms with Crippen molar-refractivity contribution in [3.63, 3.8) is 0 Å². The van der Waals surface area contributed by atoms with Crippen LogP contribution in [0.5, 0.6) is 0 Å². The molecule has 0 aliphatic carbocycles. The minimum atomic E-state index is 0. The molecule has 2 aliphatic heterocycles. The first-order valence-electron chi connectivity index (χ1n) is 9.36. The number of anilines is 2. The Morgan fingerprint density at radius 3 is 2.63 bits per heavy atom. The second-order valence-corrected chi connectivity index (χ2v) is 8.44. The topological polar surface area (TPSA) is 25.0 Å². The lowest BCUT2D eigenvalue weighted by atomic mass is 10.2. The molecule has 148 valence electrons. The summed E-state index contributed by atoms with van der Waals surface area (Å²) in [5.41, 5.74) is 2.64. The summed E-state index contributed by atoms with van der Waals surface area (Å²) < 4.78 is 0. The van der Waals surface area contributed by atoms with Crippen molar-refractivity contribution in [1.29, 1.82) is 0 Å². The number of quaternary nitrogens is 2. The van der Waals surface area contributed by atoms with E-state index < -0.39 is 0 Å². The summed E-state index contributed by atoms with van der Waals surface area (Å²) in [5, 5.41) is 0. The fourth-order valence-corrected chi connectivity index (χ4v) is 4.98. The van der Waals surface area contributed by atoms with Gasteiger partial charge in [0.2, 0.25) is 0 Å². The van der Waals surface area contributed by atoms with Gasteiger partial charge in [0.05, 0.1) is 24.2 Å². The molecule has 1 aromatic carbocycles. The molecule has 0 amide bonds. The monoisotopic (exact) mass is 426 g/mol. The van der Waals surface area contributed by atoms with E-state index in [9.17, 15) is 0 Å². The van der Waals surface area contributed by atoms with E-state index in [1.165, 1.54) is 60.2 Å². The van der Waals surface area contributed by atoms with Crippen LogP contribution in [0.4, 0.5) is 11.5 Å². The number of nitrogens with zero attached hydrogens (tertiary/aromatic N) is 2. The van der Waals surface area contributed by atoms with Crippen molar-refractivity contribution < 1.29 is 34.6 Å². The highest BCUT2D eigenvalue weighted by Gasteiger charge is 2.25. The van der Waals surface area contributed by atoms with E-state index in [4.69, 9.17) is 4.98 Å². The highest BCUT2D eigenvalue weighted by molar-refractivity contribution is 7.99. The number of rotatable bonds is 4. The predicted octanol–water partition coefficient (Wildman–Crippen LogP) is -5.20. The number of aromatic nitrogens is 1. The number of halogens is 2. The van der Waals surface area contributed by atoms with E-state index in [1.807, 2.05) is 24.0 Å². The molecular formula is C20H28Cl2N4S. The highest BCUT2D eigenvalue weighted by Crippen LogP contribution is 2.47. The average molecular weight is 427 g/mol. The van der Waals surface area contributed by atoms with Crippen molar-refractivity contribution in [3.8, 4) is 0 Å². The zero-order chi connectivity index (χ0) is 17.2. The lowest BCUT2D eigenvalue weighted by Gasteiger charge is -2.32. The normalized spacial score (nSPS) is 20.7. The third-order valence-electron chi connectivity index (χ3n) is 5.36. The minimum absolute atomic E-state index is 0. The first-order chi connectivity index (χ1) is 12.2. The van der Waals surface area contributed by atoms with Crippen molar-refractivity contribution in [2.24, 2.45) is 0 Å². The molecule has 0 bridgehead atoms. The number of piperazine rings is 1. The van der Waals surface area contributed by atoms with Gasteiger partial charge in [-0.05, 0) is 36.8 Å². The van der Waals surface area contributed by atoms with E-state index in [0.29, 0.717) is 0 Å². The molecule has 2 N–H and O–H groups in total. The number of hydrogen-bond donors (Lipinski definition) is 2. The third kappa shape index (κ3) is 5.09. The number of fused-ring (bicyclic) bond motifs is 2. The van der Waals surface area contributed by atoms with Gasteiger partial charge in [0.25, 0.3) is 0 Å². The summed E-state index contributed by atoms with van der Waals surface area (Å²) in [6, 6.07) is 11.0. The molecule has 27 heavy (non-hydrogen) atoms. The molecule has 0 spiro atoms. The number of likely N-dealkylation sites (N-methyl/N-ethyl adjacent to an activating group) is 1. The molecule has 1 aromatic heterocycles. The van der Waals surface area contributed by atoms with E-state index in [0.717, 1.165) is 12.4 Å². The van der Waals surface area contributed by atoms with Gasteiger partial charge in [-0.15, -0.1) is 0 Å². The predicted molar refractivity (Wildman–Crippen MR) is 103 cm³/mol. The van der Waals surface area contributed by atoms with Gasteiger partial charge < -0.3 is 39.5 Å². The average Bonchev–Trinajstić information content (AvgIpc) is 2.62. The maximum atomic E-state index is 4.69. The zero-order valence-electron chi connectivity index (χ0n) is 16.0. The molecule has 0 atom stereocenters. The van der Waals surface area contributed by atoms with E-state index in [-0.39, 0.29) is 24.8 Å². The summed E-state index contributed by atoms with van der Waals surface area (Å²) in [5.74, 6) is 1.13. The third-order valence-corrected chi connectivity index (χ3v) is 6.44. The summed E-state index contributed by atoms with van der Waals surface area (Å²) in [6.45, 7) is 9.72. The molecule has 1 saturated heterocycles. The first-order valence-corrected chi connectivity index (χ1v) is 10.2. The van der Waals surface area contributed by atoms with Crippen molar-refractivity contribution in [1.82, 2.24) is 4.98 Å². The lowest BCUT2D eigenvalue weighted by Crippen LogP contribution is -3.27. The maximum absolute atomic E-state index is 4.69. The number of aryl methyl sites for hydroxylation is 1. The minimum Gasteiger partial charge on any atom is -1.00 e. The number of nitrogens with one attached hydrogen (secondary N) is 2. The Kier molecular flexibility index (Phi) is 8.25. The smallest absolute Gasteiger partial charge is 0.147 e. The second kappa shape index (κ2) is 9.99. The standard InChI is InChI=1S/C20H26N4S.2ClH/c1-16-6-7-17-19(15-16)25-18-5-3-8-21-20(18)24(17)10-4-9-23-13-11-22(2)12-14-23;;/h3,5-8,15H,4,9-14H2,1-2H3;2*1H. The van der Waals surface area contributed by atoms with Gasteiger partial charge in [0.1, 0.15) is 32.0 Å². The molecule has 0 radical (unpaired) electrons. The molecule has 0 saturated carbocycles. The van der Waals surface area contributed by atoms with Crippen molar-refractivity contribution >= 4 is 23.3 Å². The first kappa shape index (κ1) is 22.3. The quantitative estimate of drug-likeness (QED) is 0.511. The SMILES string of the molecule is Cc1ccc2c(c1)Sc1cccnc1N2CCC[NH+]1CC[NH+](C)CC1.[Cl-].[Cl-]. The summed E-state index contributed by atoms with van der Waals surface area (Å²) in [7, 11) is 2.31. The molecule has 1 fully saturated rings. The summed E-state index contributed by atoms with van der Waals surface area (Å²) in [6.07, 6.45) is 3.13. The molecule has 0 unspecified atom stereocenters. The largest absolute Gasteiger partial charge is 1.00 e. The lowest BCUT2D eigenvalue weighted by molar-refractivity contribution is -1.00. The molecule has 3 heterocycles. The molecular weight excluding hydrogens is 399 g/mol. The maximum Gasteiger partial charge on any atom is 0.147 e. The van der Waals surface area contributed by atoms with Crippen LogP contribution < -0.4 is 39.5 Å². The van der Waals surface area contributed by atoms with Crippen LogP contribution in [0.2, 0.25) is 0 Å². The van der Waals surface area contributed by atoms with Crippen LogP contribution in [0.25, 0.3) is 0 Å². The highest BCUT2D eigenvalue weighted by atomic mass is 35.5. The van der Waals surface area contributed by atoms with Crippen LogP contribution in [-0.2, 0) is 0 Å². The van der Waals surface area contributed by atoms with Gasteiger partial charge in [0, 0.05) is 24.1 Å². The summed E-state index contributed by atoms with van der Waals surface area (Å²) in [4.78, 5) is 13.2. The van der Waals surface area contributed by atoms with Gasteiger partial charge >= 0.3 is 0 Å². The molecule has 2 aliphatic rings. The van der Waals surface area contributed by atoms with Gasteiger partial charge in [-0.1, -0.05) is 17.8 Å². The Balaban J connectivity index is 0.00000131. The van der Waals surface area contributed by atoms with Crippen molar-refractivity contribution in [2.75, 3.05) is 51.2 Å². The van der Waals surface area contributed by atoms with Crippen LogP contribution in [0.1, 0.15) is 12.0 Å². The molecule has 2 aromatic rings. The van der Waals surface area contributed by atoms with Crippen molar-refractivity contribution in [2.45, 2.75) is 23.1 Å². The fourth-order valence-electron chi connectivity index (χ4n) is 3.82. The van der Waals surface area contributed by atoms with E-state index in [2.05, 4.69) is 43.1 Å². The van der Waals surface area contributed by atoms with Crippen LogP contribution >= 0.6 is 11.8 Å². The molecule has 4 nitrogen and oxygen atoms in total.